The van der Waals surface area contributed by atoms with Gasteiger partial charge in [-0.2, -0.15) is 0 Å². The molecule has 8 aromatic rings. The largest absolute Gasteiger partial charge is 0.507 e. The van der Waals surface area contributed by atoms with E-state index in [0.29, 0.717) is 0 Å². The van der Waals surface area contributed by atoms with Crippen LogP contribution in [0.1, 0.15) is 52.7 Å². The van der Waals surface area contributed by atoms with Crippen LogP contribution in [0.4, 0.5) is 0 Å². The van der Waals surface area contributed by atoms with Crippen LogP contribution >= 0.6 is 0 Å². The number of benzene rings is 5. The Balaban J connectivity index is 1.39. The van der Waals surface area contributed by atoms with Gasteiger partial charge in [-0.05, 0) is 93.2 Å². The average molecular weight is 678 g/mol. The van der Waals surface area contributed by atoms with E-state index in [2.05, 4.69) is 174 Å². The van der Waals surface area contributed by atoms with Crippen LogP contribution in [0.3, 0.4) is 0 Å². The van der Waals surface area contributed by atoms with Crippen LogP contribution in [0.2, 0.25) is 0 Å². The molecule has 0 unspecified atom stereocenters. The molecule has 4 heteroatoms. The van der Waals surface area contributed by atoms with Crippen molar-refractivity contribution in [2.45, 2.75) is 52.4 Å². The molecule has 3 heterocycles. The van der Waals surface area contributed by atoms with Crippen LogP contribution in [0.5, 0.6) is 5.75 Å². The molecule has 0 saturated carbocycles. The van der Waals surface area contributed by atoms with Crippen molar-refractivity contribution in [3.8, 4) is 56.2 Å². The number of aromatic hydroxyl groups is 1. The number of pyridine rings is 2. The van der Waals surface area contributed by atoms with E-state index < -0.39 is 0 Å². The quantitative estimate of drug-likeness (QED) is 0.197. The predicted molar refractivity (Wildman–Crippen MR) is 217 cm³/mol. The van der Waals surface area contributed by atoms with Crippen molar-refractivity contribution in [1.29, 1.82) is 0 Å². The first-order valence-corrected chi connectivity index (χ1v) is 18.0. The Morgan fingerprint density at radius 1 is 0.519 bits per heavy atom. The maximum absolute atomic E-state index is 11.8. The number of hydrogen-bond acceptors (Lipinski definition) is 3. The van der Waals surface area contributed by atoms with Gasteiger partial charge in [-0.3, -0.25) is 9.55 Å². The van der Waals surface area contributed by atoms with Crippen LogP contribution in [0, 0.1) is 0 Å². The van der Waals surface area contributed by atoms with Gasteiger partial charge in [0.1, 0.15) is 11.4 Å². The second kappa shape index (κ2) is 12.6. The fourth-order valence-corrected chi connectivity index (χ4v) is 7.17. The Labute approximate surface area is 306 Å². The first-order valence-electron chi connectivity index (χ1n) is 18.0. The van der Waals surface area contributed by atoms with Gasteiger partial charge in [0.15, 0.2) is 0 Å². The van der Waals surface area contributed by atoms with E-state index in [0.717, 1.165) is 83.5 Å². The highest BCUT2D eigenvalue weighted by Crippen LogP contribution is 2.43. The molecule has 0 fully saturated rings. The Hall–Kier alpha value is -6.00. The first kappa shape index (κ1) is 33.2. The SMILES string of the molecule is CC(C)(C)c1cc(-c2ccc3c4ccccc4n(-c4cc(-c5ccccc5)cc(-c5cc(-c6ccccc6)ccn5)c4)c3n2)c(O)c(C(C)(C)C)c1. The highest BCUT2D eigenvalue weighted by molar-refractivity contribution is 6.08. The maximum atomic E-state index is 11.8. The van der Waals surface area contributed by atoms with Gasteiger partial charge in [-0.1, -0.05) is 126 Å². The van der Waals surface area contributed by atoms with Gasteiger partial charge in [0, 0.05) is 39.3 Å². The zero-order valence-corrected chi connectivity index (χ0v) is 30.6. The van der Waals surface area contributed by atoms with Crippen molar-refractivity contribution in [3.63, 3.8) is 0 Å². The van der Waals surface area contributed by atoms with E-state index in [4.69, 9.17) is 9.97 Å². The minimum absolute atomic E-state index is 0.110. The summed E-state index contributed by atoms with van der Waals surface area (Å²) in [7, 11) is 0. The summed E-state index contributed by atoms with van der Waals surface area (Å²) in [6, 6.07) is 48.8. The molecule has 3 aromatic heterocycles. The highest BCUT2D eigenvalue weighted by Gasteiger charge is 2.26. The van der Waals surface area contributed by atoms with Crippen molar-refractivity contribution in [1.82, 2.24) is 14.5 Å². The number of nitrogens with zero attached hydrogens (tertiary/aromatic N) is 3. The van der Waals surface area contributed by atoms with Crippen molar-refractivity contribution in [2.24, 2.45) is 0 Å². The molecule has 1 N–H and O–H groups in total. The Kier molecular flexibility index (Phi) is 8.06. The molecular formula is C48H43N3O. The van der Waals surface area contributed by atoms with E-state index in [-0.39, 0.29) is 16.6 Å². The smallest absolute Gasteiger partial charge is 0.146 e. The Morgan fingerprint density at radius 3 is 1.87 bits per heavy atom. The second-order valence-electron chi connectivity index (χ2n) is 15.8. The topological polar surface area (TPSA) is 50.9 Å². The van der Waals surface area contributed by atoms with Crippen molar-refractivity contribution in [3.05, 3.63) is 157 Å². The number of para-hydroxylation sites is 1. The summed E-state index contributed by atoms with van der Waals surface area (Å²) < 4.78 is 2.26. The molecule has 0 amide bonds. The lowest BCUT2D eigenvalue weighted by Gasteiger charge is -2.27. The van der Waals surface area contributed by atoms with E-state index in [1.54, 1.807) is 0 Å². The molecule has 0 bridgehead atoms. The number of phenols is 1. The van der Waals surface area contributed by atoms with Crippen LogP contribution in [-0.4, -0.2) is 19.6 Å². The number of phenolic OH excluding ortho intramolecular Hbond substituents is 1. The molecule has 0 radical (unpaired) electrons. The lowest BCUT2D eigenvalue weighted by atomic mass is 9.78. The summed E-state index contributed by atoms with van der Waals surface area (Å²) >= 11 is 0. The average Bonchev–Trinajstić information content (AvgIpc) is 3.48. The number of aromatic nitrogens is 3. The second-order valence-corrected chi connectivity index (χ2v) is 15.8. The van der Waals surface area contributed by atoms with Crippen molar-refractivity contribution >= 4 is 21.9 Å². The monoisotopic (exact) mass is 677 g/mol. The molecule has 0 spiro atoms. The fourth-order valence-electron chi connectivity index (χ4n) is 7.17. The fraction of sp³-hybridized carbons (Fsp3) is 0.167. The summed E-state index contributed by atoms with van der Waals surface area (Å²) in [6.07, 6.45) is 1.89. The van der Waals surface area contributed by atoms with E-state index in [1.165, 1.54) is 0 Å². The van der Waals surface area contributed by atoms with Gasteiger partial charge < -0.3 is 5.11 Å². The minimum atomic E-state index is -0.251. The zero-order chi connectivity index (χ0) is 36.2. The normalized spacial score (nSPS) is 12.1. The number of hydrogen-bond donors (Lipinski definition) is 1. The lowest BCUT2D eigenvalue weighted by Crippen LogP contribution is -2.17. The van der Waals surface area contributed by atoms with E-state index in [1.807, 2.05) is 18.3 Å². The summed E-state index contributed by atoms with van der Waals surface area (Å²) in [5, 5.41) is 14.0. The predicted octanol–water partition coefficient (Wildman–Crippen LogP) is 12.5. The summed E-state index contributed by atoms with van der Waals surface area (Å²) in [6.45, 7) is 13.1. The molecule has 5 aromatic carbocycles. The standard InChI is InChI=1S/C48H43N3O/c1-47(2,3)36-29-40(45(52)41(30-36)48(4,5)6)42-22-21-39-38-19-13-14-20-44(38)51(46(39)50-42)37-26-34(32-17-11-8-12-18-32)25-35(27-37)43-28-33(23-24-49-43)31-15-9-7-10-16-31/h7-30,52H,1-6H3. The van der Waals surface area contributed by atoms with Gasteiger partial charge >= 0.3 is 0 Å². The van der Waals surface area contributed by atoms with Gasteiger partial charge in [-0.15, -0.1) is 0 Å². The molecule has 256 valence electrons. The summed E-state index contributed by atoms with van der Waals surface area (Å²) in [4.78, 5) is 10.3. The molecule has 52 heavy (non-hydrogen) atoms. The van der Waals surface area contributed by atoms with Crippen molar-refractivity contribution < 1.29 is 5.11 Å². The third-order valence-corrected chi connectivity index (χ3v) is 10.0. The molecule has 0 atom stereocenters. The lowest BCUT2D eigenvalue weighted by molar-refractivity contribution is 0.446. The first-order chi connectivity index (χ1) is 25.0. The molecule has 4 nitrogen and oxygen atoms in total. The van der Waals surface area contributed by atoms with Crippen molar-refractivity contribution in [2.75, 3.05) is 0 Å². The van der Waals surface area contributed by atoms with Gasteiger partial charge in [0.05, 0.1) is 16.9 Å². The molecule has 8 rings (SSSR count). The summed E-state index contributed by atoms with van der Waals surface area (Å²) in [5.74, 6) is 0.285. The van der Waals surface area contributed by atoms with Gasteiger partial charge in [0.25, 0.3) is 0 Å². The van der Waals surface area contributed by atoms with Crippen LogP contribution in [0.15, 0.2) is 146 Å². The third-order valence-electron chi connectivity index (χ3n) is 10.0. The Bertz CT molecular complexity index is 2590. The molecule has 0 aliphatic carbocycles. The summed E-state index contributed by atoms with van der Waals surface area (Å²) in [5.41, 5.74) is 12.5. The molecule has 0 aliphatic heterocycles. The highest BCUT2D eigenvalue weighted by atomic mass is 16.3. The van der Waals surface area contributed by atoms with Crippen LogP contribution in [-0.2, 0) is 10.8 Å². The number of fused-ring (bicyclic) bond motifs is 3. The molecular weight excluding hydrogens is 635 g/mol. The molecule has 0 saturated heterocycles. The minimum Gasteiger partial charge on any atom is -0.507 e. The van der Waals surface area contributed by atoms with E-state index >= 15 is 0 Å². The van der Waals surface area contributed by atoms with E-state index in [9.17, 15) is 5.11 Å². The Morgan fingerprint density at radius 2 is 1.17 bits per heavy atom. The number of rotatable bonds is 5. The third kappa shape index (κ3) is 6.05. The van der Waals surface area contributed by atoms with Crippen LogP contribution < -0.4 is 0 Å². The van der Waals surface area contributed by atoms with Crippen LogP contribution in [0.25, 0.3) is 72.4 Å². The maximum Gasteiger partial charge on any atom is 0.146 e. The van der Waals surface area contributed by atoms with Gasteiger partial charge in [0.2, 0.25) is 0 Å². The molecule has 0 aliphatic rings. The zero-order valence-electron chi connectivity index (χ0n) is 30.6. The van der Waals surface area contributed by atoms with Gasteiger partial charge in [-0.25, -0.2) is 4.98 Å².